The van der Waals surface area contributed by atoms with Gasteiger partial charge in [-0.05, 0) is 98.6 Å². The summed E-state index contributed by atoms with van der Waals surface area (Å²) in [5.41, 5.74) is 21.2. The number of hydrogen-bond acceptors (Lipinski definition) is 2. The molecule has 0 atom stereocenters. The third kappa shape index (κ3) is 5.87. The molecule has 9 rings (SSSR count). The Morgan fingerprint density at radius 2 is 1.13 bits per heavy atom. The van der Waals surface area contributed by atoms with Gasteiger partial charge in [0.25, 0.3) is 0 Å². The van der Waals surface area contributed by atoms with Gasteiger partial charge in [0.05, 0.1) is 0 Å². The third-order valence-corrected chi connectivity index (χ3v) is 11.0. The van der Waals surface area contributed by atoms with E-state index in [0.29, 0.717) is 0 Å². The fraction of sp³-hybridized carbons (Fsp3) is 0.184. The van der Waals surface area contributed by atoms with E-state index >= 15 is 0 Å². The molecule has 0 aliphatic heterocycles. The minimum atomic E-state index is -0.108. The van der Waals surface area contributed by atoms with Crippen molar-refractivity contribution < 1.29 is 20.1 Å². The zero-order valence-electron chi connectivity index (χ0n) is 30.9. The molecule has 0 saturated carbocycles. The SMILES string of the molecule is CC1(C)c2ccccc2-c2cc3c(c(-c4ccnc(-c5[c-]cccc5)c4)c21)C(C)(C)c1ccccc1-3.Cc1c[c-]c(-c2cc(C)c(C)cn2)cc1.[Ir]. The monoisotopic (exact) mass is 851 g/mol. The van der Waals surface area contributed by atoms with Crippen LogP contribution in [0.5, 0.6) is 0 Å². The molecule has 0 saturated heterocycles. The Bertz CT molecular complexity index is 2360. The Balaban J connectivity index is 0.000000222. The fourth-order valence-corrected chi connectivity index (χ4v) is 8.21. The Morgan fingerprint density at radius 3 is 1.71 bits per heavy atom. The largest absolute Gasteiger partial charge is 0.305 e. The third-order valence-electron chi connectivity index (χ3n) is 11.0. The number of aromatic nitrogens is 2. The molecule has 0 N–H and O–H groups in total. The van der Waals surface area contributed by atoms with Gasteiger partial charge in [0.2, 0.25) is 0 Å². The molecule has 2 nitrogen and oxygen atoms in total. The second kappa shape index (κ2) is 13.5. The van der Waals surface area contributed by atoms with Gasteiger partial charge in [-0.15, -0.1) is 71.3 Å². The molecule has 3 heteroatoms. The number of pyridine rings is 2. The van der Waals surface area contributed by atoms with Crippen molar-refractivity contribution in [2.24, 2.45) is 0 Å². The Kier molecular flexibility index (Phi) is 9.24. The molecule has 0 unspecified atom stereocenters. The first-order chi connectivity index (χ1) is 24.6. The second-order valence-electron chi connectivity index (χ2n) is 15.1. The van der Waals surface area contributed by atoms with Crippen molar-refractivity contribution in [3.8, 4) is 55.9 Å². The number of nitrogens with zero attached hydrogens (tertiary/aromatic N) is 2. The van der Waals surface area contributed by atoms with E-state index in [9.17, 15) is 0 Å². The fourth-order valence-electron chi connectivity index (χ4n) is 8.21. The summed E-state index contributed by atoms with van der Waals surface area (Å²) in [6.45, 7) is 15.8. The van der Waals surface area contributed by atoms with E-state index in [0.717, 1.165) is 22.5 Å². The summed E-state index contributed by atoms with van der Waals surface area (Å²) >= 11 is 0. The minimum Gasteiger partial charge on any atom is -0.305 e. The topological polar surface area (TPSA) is 25.8 Å². The van der Waals surface area contributed by atoms with Gasteiger partial charge in [-0.1, -0.05) is 101 Å². The van der Waals surface area contributed by atoms with Crippen LogP contribution in [0.4, 0.5) is 0 Å². The number of fused-ring (bicyclic) bond motifs is 6. The Labute approximate surface area is 322 Å². The molecule has 2 aliphatic carbocycles. The minimum absolute atomic E-state index is 0. The maximum Gasteiger partial charge on any atom is 0.0192 e. The zero-order chi connectivity index (χ0) is 35.5. The summed E-state index contributed by atoms with van der Waals surface area (Å²) in [5, 5.41) is 0. The Morgan fingerprint density at radius 1 is 0.538 bits per heavy atom. The Hall–Kier alpha value is -4.95. The summed E-state index contributed by atoms with van der Waals surface area (Å²) in [5.74, 6) is 0. The molecule has 2 aromatic heterocycles. The molecule has 259 valence electrons. The maximum atomic E-state index is 4.74. The molecular formula is C49H42IrN2-2. The molecule has 7 aromatic rings. The molecule has 52 heavy (non-hydrogen) atoms. The van der Waals surface area contributed by atoms with Crippen molar-refractivity contribution in [3.05, 3.63) is 179 Å². The van der Waals surface area contributed by atoms with Gasteiger partial charge in [-0.3, -0.25) is 0 Å². The van der Waals surface area contributed by atoms with Crippen LogP contribution in [0.15, 0.2) is 128 Å². The van der Waals surface area contributed by atoms with Crippen LogP contribution in [0, 0.1) is 32.9 Å². The van der Waals surface area contributed by atoms with Crippen LogP contribution in [0.25, 0.3) is 55.9 Å². The average molecular weight is 851 g/mol. The average Bonchev–Trinajstić information content (AvgIpc) is 3.53. The van der Waals surface area contributed by atoms with Crippen LogP contribution < -0.4 is 0 Å². The first-order valence-corrected chi connectivity index (χ1v) is 17.8. The molecule has 5 aromatic carbocycles. The van der Waals surface area contributed by atoms with Crippen molar-refractivity contribution in [1.82, 2.24) is 9.97 Å². The molecule has 0 bridgehead atoms. The van der Waals surface area contributed by atoms with Crippen LogP contribution >= 0.6 is 0 Å². The normalized spacial score (nSPS) is 13.8. The van der Waals surface area contributed by atoms with Gasteiger partial charge in [0.1, 0.15) is 0 Å². The van der Waals surface area contributed by atoms with Gasteiger partial charge in [0.15, 0.2) is 0 Å². The predicted octanol–water partition coefficient (Wildman–Crippen LogP) is 12.3. The van der Waals surface area contributed by atoms with Crippen molar-refractivity contribution in [3.63, 3.8) is 0 Å². The zero-order valence-corrected chi connectivity index (χ0v) is 33.2. The van der Waals surface area contributed by atoms with Crippen LogP contribution in [0.3, 0.4) is 0 Å². The van der Waals surface area contributed by atoms with Gasteiger partial charge >= 0.3 is 0 Å². The quantitative estimate of drug-likeness (QED) is 0.166. The number of aryl methyl sites for hydroxylation is 3. The first-order valence-electron chi connectivity index (χ1n) is 17.8. The summed E-state index contributed by atoms with van der Waals surface area (Å²) in [6.07, 6.45) is 3.87. The van der Waals surface area contributed by atoms with Crippen molar-refractivity contribution >= 4 is 0 Å². The maximum absolute atomic E-state index is 4.74. The van der Waals surface area contributed by atoms with Gasteiger partial charge in [-0.2, -0.15) is 0 Å². The van der Waals surface area contributed by atoms with Crippen LogP contribution in [-0.2, 0) is 30.9 Å². The molecule has 0 amide bonds. The van der Waals surface area contributed by atoms with Crippen molar-refractivity contribution in [2.75, 3.05) is 0 Å². The van der Waals surface area contributed by atoms with Gasteiger partial charge in [-0.25, -0.2) is 0 Å². The van der Waals surface area contributed by atoms with Crippen LogP contribution in [-0.4, -0.2) is 9.97 Å². The van der Waals surface area contributed by atoms with Crippen molar-refractivity contribution in [1.29, 1.82) is 0 Å². The van der Waals surface area contributed by atoms with Gasteiger partial charge in [0, 0.05) is 43.3 Å². The number of benzene rings is 5. The summed E-state index contributed by atoms with van der Waals surface area (Å²) in [6, 6.07) is 47.8. The van der Waals surface area contributed by atoms with E-state index in [4.69, 9.17) is 4.98 Å². The van der Waals surface area contributed by atoms with E-state index < -0.39 is 0 Å². The molecule has 1 radical (unpaired) electrons. The van der Waals surface area contributed by atoms with Crippen LogP contribution in [0.1, 0.15) is 66.6 Å². The summed E-state index contributed by atoms with van der Waals surface area (Å²) in [7, 11) is 0. The van der Waals surface area contributed by atoms with Crippen LogP contribution in [0.2, 0.25) is 0 Å². The van der Waals surface area contributed by atoms with E-state index in [1.54, 1.807) is 0 Å². The summed E-state index contributed by atoms with van der Waals surface area (Å²) < 4.78 is 0. The molecular weight excluding hydrogens is 809 g/mol. The number of rotatable bonds is 3. The van der Waals surface area contributed by atoms with E-state index in [1.165, 1.54) is 72.3 Å². The van der Waals surface area contributed by atoms with Gasteiger partial charge < -0.3 is 9.97 Å². The van der Waals surface area contributed by atoms with E-state index in [2.05, 4.69) is 163 Å². The predicted molar refractivity (Wildman–Crippen MR) is 212 cm³/mol. The van der Waals surface area contributed by atoms with E-state index in [-0.39, 0.29) is 30.9 Å². The van der Waals surface area contributed by atoms with Crippen molar-refractivity contribution in [2.45, 2.75) is 59.3 Å². The van der Waals surface area contributed by atoms with E-state index in [1.807, 2.05) is 30.6 Å². The molecule has 2 heterocycles. The molecule has 0 spiro atoms. The standard InChI is InChI=1S/C35H28N.C14H14N.Ir/c1-34(2)28-16-10-8-14-24(28)26-21-27-25-15-9-11-17-29(25)35(3,4)33(27)31(32(26)34)23-18-19-36-30(20-23)22-12-6-5-7-13-22;1-10-4-6-13(7-5-10)14-8-11(2)12(3)9-15-14;/h5-12,14-21H,1-4H3;4-6,8-9H,1-3H3;/q2*-1;. The number of hydrogen-bond donors (Lipinski definition) is 0. The first kappa shape index (κ1) is 35.5. The second-order valence-corrected chi connectivity index (χ2v) is 15.1. The molecule has 0 fully saturated rings. The summed E-state index contributed by atoms with van der Waals surface area (Å²) in [4.78, 5) is 9.15. The molecule has 2 aliphatic rings. The smallest absolute Gasteiger partial charge is 0.0192 e.